The summed E-state index contributed by atoms with van der Waals surface area (Å²) in [4.78, 5) is 4.63. The lowest BCUT2D eigenvalue weighted by atomic mass is 10.1. The first-order valence-corrected chi connectivity index (χ1v) is 6.51. The molecule has 0 fully saturated rings. The van der Waals surface area contributed by atoms with E-state index in [-0.39, 0.29) is 0 Å². The fraction of sp³-hybridized carbons (Fsp3) is 0.167. The molecule has 0 aliphatic rings. The minimum atomic E-state index is 1.01. The maximum atomic E-state index is 4.63. The lowest BCUT2D eigenvalue weighted by Gasteiger charge is -2.01. The van der Waals surface area contributed by atoms with E-state index in [0.717, 1.165) is 11.4 Å². The molecule has 0 atom stereocenters. The van der Waals surface area contributed by atoms with E-state index in [1.165, 1.54) is 16.7 Å². The minimum Gasteiger partial charge on any atom is -0.253 e. The Kier molecular flexibility index (Phi) is 4.30. The Morgan fingerprint density at radius 1 is 0.895 bits per heavy atom. The van der Waals surface area contributed by atoms with Gasteiger partial charge in [-0.2, -0.15) is 0 Å². The number of hydrogen-bond acceptors (Lipinski definition) is 1. The van der Waals surface area contributed by atoms with Crippen LogP contribution in [0, 0.1) is 13.8 Å². The van der Waals surface area contributed by atoms with E-state index in [2.05, 4.69) is 61.3 Å². The molecule has 0 spiro atoms. The molecule has 0 unspecified atom stereocenters. The fourth-order valence-electron chi connectivity index (χ4n) is 1.90. The molecule has 0 aliphatic carbocycles. The van der Waals surface area contributed by atoms with E-state index in [4.69, 9.17) is 0 Å². The highest BCUT2D eigenvalue weighted by atomic mass is 14.7. The van der Waals surface area contributed by atoms with Crippen LogP contribution < -0.4 is 0 Å². The van der Waals surface area contributed by atoms with Crippen molar-refractivity contribution >= 4 is 17.5 Å². The van der Waals surface area contributed by atoms with Crippen LogP contribution in [0.3, 0.4) is 0 Å². The van der Waals surface area contributed by atoms with Gasteiger partial charge >= 0.3 is 0 Å². The molecule has 0 bridgehead atoms. The summed E-state index contributed by atoms with van der Waals surface area (Å²) in [5, 5.41) is 0. The van der Waals surface area contributed by atoms with Crippen molar-refractivity contribution in [2.24, 2.45) is 4.99 Å². The first-order chi connectivity index (χ1) is 9.16. The molecule has 2 aromatic carbocycles. The van der Waals surface area contributed by atoms with Crippen LogP contribution in [0.2, 0.25) is 0 Å². The van der Waals surface area contributed by atoms with Crippen molar-refractivity contribution < 1.29 is 0 Å². The van der Waals surface area contributed by atoms with Gasteiger partial charge in [0, 0.05) is 5.71 Å². The molecule has 0 saturated heterocycles. The molecule has 0 saturated carbocycles. The molecular weight excluding hydrogens is 230 g/mol. The zero-order valence-electron chi connectivity index (χ0n) is 11.7. The molecule has 0 heterocycles. The van der Waals surface area contributed by atoms with Crippen LogP contribution in [0.5, 0.6) is 0 Å². The summed E-state index contributed by atoms with van der Waals surface area (Å²) >= 11 is 0. The smallest absolute Gasteiger partial charge is 0.0661 e. The van der Waals surface area contributed by atoms with Crippen molar-refractivity contribution in [3.8, 4) is 0 Å². The van der Waals surface area contributed by atoms with Crippen molar-refractivity contribution in [3.63, 3.8) is 0 Å². The van der Waals surface area contributed by atoms with Gasteiger partial charge in [0.2, 0.25) is 0 Å². The van der Waals surface area contributed by atoms with E-state index in [1.807, 2.05) is 25.1 Å². The quantitative estimate of drug-likeness (QED) is 0.670. The summed E-state index contributed by atoms with van der Waals surface area (Å²) in [6.45, 7) is 6.23. The van der Waals surface area contributed by atoms with Crippen molar-refractivity contribution in [2.75, 3.05) is 0 Å². The summed E-state index contributed by atoms with van der Waals surface area (Å²) in [6, 6.07) is 16.5. The normalized spacial score (nSPS) is 12.1. The average Bonchev–Trinajstić information content (AvgIpc) is 2.40. The van der Waals surface area contributed by atoms with Gasteiger partial charge in [0.1, 0.15) is 0 Å². The highest BCUT2D eigenvalue weighted by Crippen LogP contribution is 2.17. The standard InChI is InChI=1S/C18H19N/c1-14-8-4-6-10-17(14)13-12-16(3)19-18-11-7-5-9-15(18)2/h4-13H,1-3H3/b13-12-,19-16+. The Balaban J connectivity index is 2.20. The van der Waals surface area contributed by atoms with Gasteiger partial charge in [0.05, 0.1) is 5.69 Å². The van der Waals surface area contributed by atoms with E-state index in [9.17, 15) is 0 Å². The van der Waals surface area contributed by atoms with Gasteiger partial charge in [0.25, 0.3) is 0 Å². The second kappa shape index (κ2) is 6.14. The highest BCUT2D eigenvalue weighted by Gasteiger charge is 1.95. The summed E-state index contributed by atoms with van der Waals surface area (Å²) in [5.41, 5.74) is 5.77. The van der Waals surface area contributed by atoms with Crippen molar-refractivity contribution in [3.05, 3.63) is 71.3 Å². The molecule has 0 aliphatic heterocycles. The Hall–Kier alpha value is -2.15. The molecule has 1 heteroatoms. The number of allylic oxidation sites excluding steroid dienone is 1. The van der Waals surface area contributed by atoms with Gasteiger partial charge in [-0.3, -0.25) is 4.99 Å². The molecule has 0 radical (unpaired) electrons. The number of rotatable bonds is 3. The number of aryl methyl sites for hydroxylation is 2. The van der Waals surface area contributed by atoms with Crippen LogP contribution in [0.4, 0.5) is 5.69 Å². The number of hydrogen-bond donors (Lipinski definition) is 0. The third-order valence-corrected chi connectivity index (χ3v) is 3.10. The molecular formula is C18H19N. The molecule has 19 heavy (non-hydrogen) atoms. The Morgan fingerprint density at radius 2 is 1.53 bits per heavy atom. The number of aliphatic imine (C=N–C) groups is 1. The van der Waals surface area contributed by atoms with Gasteiger partial charge in [0.15, 0.2) is 0 Å². The van der Waals surface area contributed by atoms with Gasteiger partial charge in [-0.25, -0.2) is 0 Å². The summed E-state index contributed by atoms with van der Waals surface area (Å²) in [7, 11) is 0. The number of para-hydroxylation sites is 1. The number of benzene rings is 2. The largest absolute Gasteiger partial charge is 0.253 e. The topological polar surface area (TPSA) is 12.4 Å². The van der Waals surface area contributed by atoms with Crippen LogP contribution in [-0.2, 0) is 0 Å². The van der Waals surface area contributed by atoms with Crippen LogP contribution in [0.15, 0.2) is 59.6 Å². The summed E-state index contributed by atoms with van der Waals surface area (Å²) in [5.74, 6) is 0. The fourth-order valence-corrected chi connectivity index (χ4v) is 1.90. The van der Waals surface area contributed by atoms with Crippen LogP contribution in [0.25, 0.3) is 6.08 Å². The molecule has 0 N–H and O–H groups in total. The lowest BCUT2D eigenvalue weighted by molar-refractivity contribution is 1.39. The zero-order valence-corrected chi connectivity index (χ0v) is 11.7. The van der Waals surface area contributed by atoms with E-state index in [1.54, 1.807) is 0 Å². The van der Waals surface area contributed by atoms with Crippen molar-refractivity contribution in [1.29, 1.82) is 0 Å². The molecule has 0 amide bonds. The monoisotopic (exact) mass is 249 g/mol. The van der Waals surface area contributed by atoms with Crippen LogP contribution in [-0.4, -0.2) is 5.71 Å². The van der Waals surface area contributed by atoms with Crippen LogP contribution >= 0.6 is 0 Å². The van der Waals surface area contributed by atoms with Gasteiger partial charge in [-0.15, -0.1) is 0 Å². The minimum absolute atomic E-state index is 1.01. The maximum absolute atomic E-state index is 4.63. The molecule has 2 rings (SSSR count). The molecule has 2 aromatic rings. The third kappa shape index (κ3) is 3.65. The van der Waals surface area contributed by atoms with Crippen LogP contribution in [0.1, 0.15) is 23.6 Å². The SMILES string of the molecule is CC(/C=C\c1ccccc1C)=N\c1ccccc1C. The number of nitrogens with zero attached hydrogens (tertiary/aromatic N) is 1. The first kappa shape index (κ1) is 13.3. The predicted octanol–water partition coefficient (Wildman–Crippen LogP) is 5.11. The third-order valence-electron chi connectivity index (χ3n) is 3.10. The molecule has 96 valence electrons. The van der Waals surface area contributed by atoms with Gasteiger partial charge in [-0.1, -0.05) is 48.5 Å². The van der Waals surface area contributed by atoms with Gasteiger partial charge < -0.3 is 0 Å². The Morgan fingerprint density at radius 3 is 2.21 bits per heavy atom. The van der Waals surface area contributed by atoms with Crippen molar-refractivity contribution in [1.82, 2.24) is 0 Å². The Labute approximate surface area is 115 Å². The molecule has 0 aromatic heterocycles. The predicted molar refractivity (Wildman–Crippen MR) is 84.2 cm³/mol. The maximum Gasteiger partial charge on any atom is 0.0661 e. The second-order valence-electron chi connectivity index (χ2n) is 4.73. The van der Waals surface area contributed by atoms with Crippen molar-refractivity contribution in [2.45, 2.75) is 20.8 Å². The van der Waals surface area contributed by atoms with E-state index >= 15 is 0 Å². The van der Waals surface area contributed by atoms with E-state index in [0.29, 0.717) is 0 Å². The zero-order chi connectivity index (χ0) is 13.7. The highest BCUT2D eigenvalue weighted by molar-refractivity contribution is 5.98. The summed E-state index contributed by atoms with van der Waals surface area (Å²) in [6.07, 6.45) is 4.18. The summed E-state index contributed by atoms with van der Waals surface area (Å²) < 4.78 is 0. The van der Waals surface area contributed by atoms with E-state index < -0.39 is 0 Å². The first-order valence-electron chi connectivity index (χ1n) is 6.51. The average molecular weight is 249 g/mol. The van der Waals surface area contributed by atoms with Gasteiger partial charge in [-0.05, 0) is 49.6 Å². The second-order valence-corrected chi connectivity index (χ2v) is 4.73. The lowest BCUT2D eigenvalue weighted by Crippen LogP contribution is -1.85. The Bertz CT molecular complexity index is 621. The molecule has 1 nitrogen and oxygen atoms in total.